The summed E-state index contributed by atoms with van der Waals surface area (Å²) in [5.74, 6) is 0.886. The fourth-order valence-electron chi connectivity index (χ4n) is 1.89. The third-order valence-electron chi connectivity index (χ3n) is 2.91. The Labute approximate surface area is 93.8 Å². The summed E-state index contributed by atoms with van der Waals surface area (Å²) in [5, 5.41) is 0. The SMILES string of the molecule is CCCCC(CC)Cc1ccccc1.O. The molecule has 1 unspecified atom stereocenters. The van der Waals surface area contributed by atoms with Crippen molar-refractivity contribution in [1.82, 2.24) is 0 Å². The minimum Gasteiger partial charge on any atom is -0.412 e. The molecule has 0 fully saturated rings. The maximum Gasteiger partial charge on any atom is -0.0250 e. The number of rotatable bonds is 6. The second-order valence-corrected chi connectivity index (χ2v) is 4.11. The van der Waals surface area contributed by atoms with E-state index in [2.05, 4.69) is 44.2 Å². The van der Waals surface area contributed by atoms with Crippen LogP contribution >= 0.6 is 0 Å². The molecule has 0 bridgehead atoms. The zero-order valence-electron chi connectivity index (χ0n) is 10.00. The van der Waals surface area contributed by atoms with Crippen molar-refractivity contribution in [1.29, 1.82) is 0 Å². The standard InChI is InChI=1S/C14H22.H2O/c1-3-5-9-13(4-2)12-14-10-7-6-8-11-14;/h6-8,10-11,13H,3-5,9,12H2,1-2H3;1H2. The molecule has 0 aromatic heterocycles. The van der Waals surface area contributed by atoms with Gasteiger partial charge in [-0.3, -0.25) is 0 Å². The molecule has 1 atom stereocenters. The second-order valence-electron chi connectivity index (χ2n) is 4.11. The summed E-state index contributed by atoms with van der Waals surface area (Å²) in [6.07, 6.45) is 6.67. The van der Waals surface area contributed by atoms with E-state index in [-0.39, 0.29) is 5.48 Å². The third-order valence-corrected chi connectivity index (χ3v) is 2.91. The molecule has 0 heterocycles. The molecule has 1 nitrogen and oxygen atoms in total. The van der Waals surface area contributed by atoms with Crippen molar-refractivity contribution in [3.63, 3.8) is 0 Å². The van der Waals surface area contributed by atoms with Gasteiger partial charge in [0, 0.05) is 0 Å². The number of unbranched alkanes of at least 4 members (excludes halogenated alkanes) is 1. The number of hydrogen-bond acceptors (Lipinski definition) is 0. The maximum atomic E-state index is 2.31. The van der Waals surface area contributed by atoms with Crippen LogP contribution in [-0.2, 0) is 6.42 Å². The van der Waals surface area contributed by atoms with Crippen LogP contribution in [0.15, 0.2) is 30.3 Å². The molecule has 15 heavy (non-hydrogen) atoms. The molecule has 1 aromatic rings. The zero-order chi connectivity index (χ0) is 10.2. The Hall–Kier alpha value is -0.820. The Morgan fingerprint density at radius 2 is 1.73 bits per heavy atom. The van der Waals surface area contributed by atoms with Crippen molar-refractivity contribution in [2.24, 2.45) is 5.92 Å². The van der Waals surface area contributed by atoms with E-state index < -0.39 is 0 Å². The lowest BCUT2D eigenvalue weighted by molar-refractivity contribution is 0.449. The summed E-state index contributed by atoms with van der Waals surface area (Å²) < 4.78 is 0. The van der Waals surface area contributed by atoms with Crippen LogP contribution in [0.1, 0.15) is 45.1 Å². The monoisotopic (exact) mass is 208 g/mol. The third kappa shape index (κ3) is 5.58. The van der Waals surface area contributed by atoms with E-state index in [1.807, 2.05) is 0 Å². The highest BCUT2D eigenvalue weighted by atomic mass is 16.0. The molecule has 0 spiro atoms. The van der Waals surface area contributed by atoms with Crippen molar-refractivity contribution in [2.45, 2.75) is 46.0 Å². The van der Waals surface area contributed by atoms with Gasteiger partial charge in [0.05, 0.1) is 0 Å². The minimum absolute atomic E-state index is 0. The summed E-state index contributed by atoms with van der Waals surface area (Å²) in [6.45, 7) is 4.58. The van der Waals surface area contributed by atoms with Gasteiger partial charge < -0.3 is 5.48 Å². The van der Waals surface area contributed by atoms with Gasteiger partial charge in [-0.1, -0.05) is 69.9 Å². The topological polar surface area (TPSA) is 31.5 Å². The van der Waals surface area contributed by atoms with Crippen LogP contribution in [0.25, 0.3) is 0 Å². The van der Waals surface area contributed by atoms with Gasteiger partial charge in [-0.05, 0) is 17.9 Å². The average molecular weight is 208 g/mol. The van der Waals surface area contributed by atoms with Gasteiger partial charge in [0.1, 0.15) is 0 Å². The first-order valence-electron chi connectivity index (χ1n) is 5.90. The highest BCUT2D eigenvalue weighted by molar-refractivity contribution is 5.15. The lowest BCUT2D eigenvalue weighted by Gasteiger charge is -2.13. The molecule has 1 rings (SSSR count). The minimum atomic E-state index is 0. The predicted octanol–water partition coefficient (Wildman–Crippen LogP) is 3.62. The Balaban J connectivity index is 0.00000196. The summed E-state index contributed by atoms with van der Waals surface area (Å²) in [7, 11) is 0. The van der Waals surface area contributed by atoms with Gasteiger partial charge >= 0.3 is 0 Å². The van der Waals surface area contributed by atoms with E-state index in [0.29, 0.717) is 0 Å². The van der Waals surface area contributed by atoms with Crippen LogP contribution in [0.5, 0.6) is 0 Å². The molecule has 0 radical (unpaired) electrons. The van der Waals surface area contributed by atoms with Gasteiger partial charge in [0.15, 0.2) is 0 Å². The molecule has 1 aromatic carbocycles. The Morgan fingerprint density at radius 3 is 2.27 bits per heavy atom. The molecular formula is C14H24O. The van der Waals surface area contributed by atoms with E-state index in [9.17, 15) is 0 Å². The smallest absolute Gasteiger partial charge is 0.0250 e. The first-order valence-corrected chi connectivity index (χ1v) is 5.90. The average Bonchev–Trinajstić information content (AvgIpc) is 2.25. The van der Waals surface area contributed by atoms with Crippen molar-refractivity contribution < 1.29 is 5.48 Å². The van der Waals surface area contributed by atoms with Crippen molar-refractivity contribution in [3.8, 4) is 0 Å². The first kappa shape index (κ1) is 14.2. The largest absolute Gasteiger partial charge is 0.412 e. The van der Waals surface area contributed by atoms with Crippen LogP contribution in [0.3, 0.4) is 0 Å². The van der Waals surface area contributed by atoms with Gasteiger partial charge in [0.2, 0.25) is 0 Å². The fourth-order valence-corrected chi connectivity index (χ4v) is 1.89. The summed E-state index contributed by atoms with van der Waals surface area (Å²) in [4.78, 5) is 0. The quantitative estimate of drug-likeness (QED) is 0.684. The molecule has 1 heteroatoms. The number of benzene rings is 1. The predicted molar refractivity (Wildman–Crippen MR) is 67.1 cm³/mol. The van der Waals surface area contributed by atoms with E-state index in [4.69, 9.17) is 0 Å². The zero-order valence-corrected chi connectivity index (χ0v) is 10.00. The van der Waals surface area contributed by atoms with Crippen LogP contribution in [-0.4, -0.2) is 5.48 Å². The molecule has 0 aliphatic heterocycles. The van der Waals surface area contributed by atoms with E-state index >= 15 is 0 Å². The van der Waals surface area contributed by atoms with Gasteiger partial charge in [-0.25, -0.2) is 0 Å². The van der Waals surface area contributed by atoms with Gasteiger partial charge in [-0.15, -0.1) is 0 Å². The van der Waals surface area contributed by atoms with Crippen molar-refractivity contribution >= 4 is 0 Å². The van der Waals surface area contributed by atoms with E-state index in [1.165, 1.54) is 37.7 Å². The summed E-state index contributed by atoms with van der Waals surface area (Å²) >= 11 is 0. The summed E-state index contributed by atoms with van der Waals surface area (Å²) in [5.41, 5.74) is 1.50. The van der Waals surface area contributed by atoms with Crippen LogP contribution < -0.4 is 0 Å². The lowest BCUT2D eigenvalue weighted by atomic mass is 9.92. The molecule has 0 aliphatic carbocycles. The second kappa shape index (κ2) is 8.49. The maximum absolute atomic E-state index is 2.31. The Morgan fingerprint density at radius 1 is 1.07 bits per heavy atom. The van der Waals surface area contributed by atoms with E-state index in [1.54, 1.807) is 0 Å². The van der Waals surface area contributed by atoms with Gasteiger partial charge in [-0.2, -0.15) is 0 Å². The van der Waals surface area contributed by atoms with Gasteiger partial charge in [0.25, 0.3) is 0 Å². The number of hydrogen-bond donors (Lipinski definition) is 0. The Kier molecular flexibility index (Phi) is 8.02. The molecule has 0 amide bonds. The molecule has 0 aliphatic rings. The highest BCUT2D eigenvalue weighted by Gasteiger charge is 2.06. The fraction of sp³-hybridized carbons (Fsp3) is 0.571. The van der Waals surface area contributed by atoms with Crippen molar-refractivity contribution in [3.05, 3.63) is 35.9 Å². The summed E-state index contributed by atoms with van der Waals surface area (Å²) in [6, 6.07) is 10.9. The highest BCUT2D eigenvalue weighted by Crippen LogP contribution is 2.18. The van der Waals surface area contributed by atoms with E-state index in [0.717, 1.165) is 5.92 Å². The molecule has 2 N–H and O–H groups in total. The van der Waals surface area contributed by atoms with Crippen LogP contribution in [0.2, 0.25) is 0 Å². The van der Waals surface area contributed by atoms with Crippen molar-refractivity contribution in [2.75, 3.05) is 0 Å². The lowest BCUT2D eigenvalue weighted by Crippen LogP contribution is -2.03. The molecule has 0 saturated carbocycles. The van der Waals surface area contributed by atoms with Crippen LogP contribution in [0, 0.1) is 5.92 Å². The molecule has 86 valence electrons. The van der Waals surface area contributed by atoms with Crippen LogP contribution in [0.4, 0.5) is 0 Å². The first-order chi connectivity index (χ1) is 6.86. The Bertz CT molecular complexity index is 230. The normalized spacial score (nSPS) is 11.9. The molecule has 0 saturated heterocycles. The molecular weight excluding hydrogens is 184 g/mol.